The summed E-state index contributed by atoms with van der Waals surface area (Å²) >= 11 is 0. The van der Waals surface area contributed by atoms with Gasteiger partial charge in [-0.25, -0.2) is 19.2 Å². The summed E-state index contributed by atoms with van der Waals surface area (Å²) in [7, 11) is 0. The van der Waals surface area contributed by atoms with Gasteiger partial charge in [0, 0.05) is 37.5 Å². The number of hydrogen-bond acceptors (Lipinski definition) is 6. The predicted octanol–water partition coefficient (Wildman–Crippen LogP) is 4.43. The highest BCUT2D eigenvalue weighted by atomic mass is 19.1. The van der Waals surface area contributed by atoms with Crippen molar-refractivity contribution in [3.05, 3.63) is 78.4 Å². The number of aromatic nitrogens is 2. The number of likely N-dealkylation sites (tertiary alicyclic amines) is 1. The predicted molar refractivity (Wildman–Crippen MR) is 121 cm³/mol. The summed E-state index contributed by atoms with van der Waals surface area (Å²) in [6.45, 7) is 1.32. The lowest BCUT2D eigenvalue weighted by molar-refractivity contribution is 0.0438. The number of amides is 2. The number of carbonyl (C=O) groups is 2. The molecule has 0 aliphatic carbocycles. The van der Waals surface area contributed by atoms with Gasteiger partial charge in [0.1, 0.15) is 17.2 Å². The van der Waals surface area contributed by atoms with Gasteiger partial charge in [-0.05, 0) is 55.3 Å². The van der Waals surface area contributed by atoms with Crippen LogP contribution in [0.4, 0.5) is 14.9 Å². The second-order valence-electron chi connectivity index (χ2n) is 8.42. The summed E-state index contributed by atoms with van der Waals surface area (Å²) in [4.78, 5) is 37.1. The van der Waals surface area contributed by atoms with Crippen LogP contribution in [0.3, 0.4) is 0 Å². The van der Waals surface area contributed by atoms with E-state index in [1.165, 1.54) is 17.0 Å². The average Bonchev–Trinajstić information content (AvgIpc) is 3.03. The Morgan fingerprint density at radius 1 is 1.03 bits per heavy atom. The molecule has 0 N–H and O–H groups in total. The minimum atomic E-state index is -0.700. The number of halogens is 1. The van der Waals surface area contributed by atoms with E-state index in [2.05, 4.69) is 9.97 Å². The lowest BCUT2D eigenvalue weighted by Gasteiger charge is -2.25. The molecule has 1 aromatic heterocycles. The molecule has 3 heterocycles. The third kappa shape index (κ3) is 4.54. The average molecular weight is 462 g/mol. The summed E-state index contributed by atoms with van der Waals surface area (Å²) in [5.41, 5.74) is 0.265. The number of anilines is 1. The van der Waals surface area contributed by atoms with Gasteiger partial charge in [-0.2, -0.15) is 0 Å². The molecule has 1 spiro atoms. The van der Waals surface area contributed by atoms with Crippen LogP contribution in [0.15, 0.2) is 67.0 Å². The number of rotatable bonds is 4. The third-order valence-corrected chi connectivity index (χ3v) is 6.11. The zero-order chi connectivity index (χ0) is 23.5. The first-order valence-electron chi connectivity index (χ1n) is 11.1. The first kappa shape index (κ1) is 21.8. The highest BCUT2D eigenvalue weighted by molar-refractivity contribution is 5.94. The summed E-state index contributed by atoms with van der Waals surface area (Å²) in [5.74, 6) is -0.0597. The number of benzene rings is 2. The molecule has 2 aromatic carbocycles. The van der Waals surface area contributed by atoms with Crippen molar-refractivity contribution in [1.29, 1.82) is 0 Å². The topological polar surface area (TPSA) is 84.9 Å². The first-order chi connectivity index (χ1) is 16.5. The molecule has 2 amide bonds. The van der Waals surface area contributed by atoms with Gasteiger partial charge in [0.2, 0.25) is 0 Å². The molecule has 1 unspecified atom stereocenters. The fraction of sp³-hybridized carbons (Fsp3) is 0.280. The summed E-state index contributed by atoms with van der Waals surface area (Å²) < 4.78 is 25.1. The van der Waals surface area contributed by atoms with E-state index >= 15 is 0 Å². The van der Waals surface area contributed by atoms with Crippen molar-refractivity contribution in [2.45, 2.75) is 24.9 Å². The van der Waals surface area contributed by atoms with Crippen LogP contribution < -0.4 is 9.64 Å². The minimum absolute atomic E-state index is 0.122. The molecule has 2 saturated heterocycles. The van der Waals surface area contributed by atoms with Crippen molar-refractivity contribution < 1.29 is 23.5 Å². The van der Waals surface area contributed by atoms with Crippen LogP contribution in [0, 0.1) is 5.82 Å². The van der Waals surface area contributed by atoms with E-state index in [4.69, 9.17) is 9.47 Å². The Balaban J connectivity index is 1.27. The normalized spacial score (nSPS) is 20.2. The maximum Gasteiger partial charge on any atom is 0.415 e. The molecule has 0 bridgehead atoms. The van der Waals surface area contributed by atoms with E-state index in [0.29, 0.717) is 55.9 Å². The molecule has 1 atom stereocenters. The third-order valence-electron chi connectivity index (χ3n) is 6.11. The summed E-state index contributed by atoms with van der Waals surface area (Å²) in [5, 5.41) is 0. The first-order valence-corrected chi connectivity index (χ1v) is 11.1. The van der Waals surface area contributed by atoms with Gasteiger partial charge in [0.05, 0.1) is 12.2 Å². The standard InChI is InChI=1S/C25H23FN4O4/c26-19-6-2-7-20(16-19)30-17-25(34-24(30)32)9-3-13-29(14-10-25)22(31)18-5-1-8-21(15-18)33-23-27-11-4-12-28-23/h1-2,4-8,11-12,15-16H,3,9-10,13-14,17H2. The molecule has 8 nitrogen and oxygen atoms in total. The van der Waals surface area contributed by atoms with Crippen LogP contribution in [0.1, 0.15) is 29.6 Å². The largest absolute Gasteiger partial charge is 0.441 e. The quantitative estimate of drug-likeness (QED) is 0.570. The lowest BCUT2D eigenvalue weighted by Crippen LogP contribution is -2.37. The molecular weight excluding hydrogens is 439 g/mol. The van der Waals surface area contributed by atoms with Crippen LogP contribution >= 0.6 is 0 Å². The van der Waals surface area contributed by atoms with E-state index in [1.807, 2.05) is 0 Å². The maximum absolute atomic E-state index is 13.7. The molecule has 3 aromatic rings. The van der Waals surface area contributed by atoms with Crippen LogP contribution in [0.5, 0.6) is 11.8 Å². The SMILES string of the molecule is O=C(c1cccc(Oc2ncccn2)c1)N1CCCC2(CC1)CN(c1cccc(F)c1)C(=O)O2. The molecule has 2 aliphatic rings. The van der Waals surface area contributed by atoms with Gasteiger partial charge in [-0.1, -0.05) is 12.1 Å². The molecular formula is C25H23FN4O4. The van der Waals surface area contributed by atoms with E-state index in [-0.39, 0.29) is 11.9 Å². The van der Waals surface area contributed by atoms with Crippen molar-refractivity contribution in [2.75, 3.05) is 24.5 Å². The number of hydrogen-bond donors (Lipinski definition) is 0. The van der Waals surface area contributed by atoms with Crippen molar-refractivity contribution in [2.24, 2.45) is 0 Å². The van der Waals surface area contributed by atoms with E-state index in [9.17, 15) is 14.0 Å². The van der Waals surface area contributed by atoms with E-state index in [0.717, 1.165) is 0 Å². The number of nitrogens with zero attached hydrogens (tertiary/aromatic N) is 4. The fourth-order valence-corrected chi connectivity index (χ4v) is 4.42. The van der Waals surface area contributed by atoms with Crippen LogP contribution in [-0.2, 0) is 4.74 Å². The van der Waals surface area contributed by atoms with E-state index in [1.54, 1.807) is 59.8 Å². The number of ether oxygens (including phenoxy) is 2. The van der Waals surface area contributed by atoms with E-state index < -0.39 is 17.5 Å². The Bertz CT molecular complexity index is 1210. The zero-order valence-electron chi connectivity index (χ0n) is 18.4. The highest BCUT2D eigenvalue weighted by Crippen LogP contribution is 2.36. The maximum atomic E-state index is 13.7. The second kappa shape index (κ2) is 9.09. The monoisotopic (exact) mass is 462 g/mol. The van der Waals surface area contributed by atoms with Gasteiger partial charge >= 0.3 is 12.1 Å². The molecule has 9 heteroatoms. The van der Waals surface area contributed by atoms with Gasteiger partial charge in [-0.3, -0.25) is 9.69 Å². The Morgan fingerprint density at radius 2 is 1.85 bits per heavy atom. The molecule has 174 valence electrons. The van der Waals surface area contributed by atoms with Gasteiger partial charge in [-0.15, -0.1) is 0 Å². The van der Waals surface area contributed by atoms with Crippen molar-refractivity contribution >= 4 is 17.7 Å². The Labute approximate surface area is 195 Å². The Morgan fingerprint density at radius 3 is 2.68 bits per heavy atom. The number of carbonyl (C=O) groups excluding carboxylic acids is 2. The highest BCUT2D eigenvalue weighted by Gasteiger charge is 2.46. The summed E-state index contributed by atoms with van der Waals surface area (Å²) in [6.07, 6.45) is 4.49. The van der Waals surface area contributed by atoms with Crippen molar-refractivity contribution in [1.82, 2.24) is 14.9 Å². The van der Waals surface area contributed by atoms with Crippen LogP contribution in [0.25, 0.3) is 0 Å². The van der Waals surface area contributed by atoms with Crippen molar-refractivity contribution in [3.63, 3.8) is 0 Å². The molecule has 5 rings (SSSR count). The second-order valence-corrected chi connectivity index (χ2v) is 8.42. The molecule has 34 heavy (non-hydrogen) atoms. The lowest BCUT2D eigenvalue weighted by atomic mass is 9.95. The van der Waals surface area contributed by atoms with Crippen LogP contribution in [-0.4, -0.2) is 52.1 Å². The fourth-order valence-electron chi connectivity index (χ4n) is 4.42. The van der Waals surface area contributed by atoms with Crippen LogP contribution in [0.2, 0.25) is 0 Å². The summed E-state index contributed by atoms with van der Waals surface area (Å²) in [6, 6.07) is 14.7. The smallest absolute Gasteiger partial charge is 0.415 e. The van der Waals surface area contributed by atoms with Gasteiger partial charge < -0.3 is 14.4 Å². The zero-order valence-corrected chi connectivity index (χ0v) is 18.4. The minimum Gasteiger partial charge on any atom is -0.441 e. The Hall–Kier alpha value is -4.01. The van der Waals surface area contributed by atoms with Gasteiger partial charge in [0.25, 0.3) is 5.91 Å². The molecule has 2 aliphatic heterocycles. The Kier molecular flexibility index (Phi) is 5.83. The van der Waals surface area contributed by atoms with Gasteiger partial charge in [0.15, 0.2) is 0 Å². The molecule has 2 fully saturated rings. The molecule has 0 radical (unpaired) electrons. The molecule has 0 saturated carbocycles. The van der Waals surface area contributed by atoms with Crippen molar-refractivity contribution in [3.8, 4) is 11.8 Å².